The number of carbonyl (C=O) groups excluding carboxylic acids is 3. The van der Waals surface area contributed by atoms with Gasteiger partial charge in [-0.3, -0.25) is 14.4 Å². The quantitative estimate of drug-likeness (QED) is 0.169. The molecule has 6 N–H and O–H groups in total. The van der Waals surface area contributed by atoms with Gasteiger partial charge in [0.2, 0.25) is 5.91 Å². The molecule has 1 atom stereocenters. The molecule has 0 saturated heterocycles. The number of ether oxygens (including phenoxy) is 1. The van der Waals surface area contributed by atoms with E-state index < -0.39 is 23.8 Å². The van der Waals surface area contributed by atoms with E-state index in [0.717, 1.165) is 11.2 Å². The van der Waals surface area contributed by atoms with Crippen LogP contribution in [0, 0.1) is 0 Å². The summed E-state index contributed by atoms with van der Waals surface area (Å²) in [6.07, 6.45) is 5.77. The summed E-state index contributed by atoms with van der Waals surface area (Å²) in [5.41, 5.74) is 5.09. The van der Waals surface area contributed by atoms with E-state index in [0.29, 0.717) is 6.54 Å². The molecule has 2 amide bonds. The number of esters is 1. The summed E-state index contributed by atoms with van der Waals surface area (Å²) in [4.78, 5) is 48.7. The van der Waals surface area contributed by atoms with Crippen LogP contribution in [0.4, 0.5) is 5.69 Å². The normalized spacial score (nSPS) is 12.3. The Morgan fingerprint density at radius 1 is 1.37 bits per heavy atom. The van der Waals surface area contributed by atoms with Crippen LogP contribution in [0.3, 0.4) is 0 Å². The first kappa shape index (κ1) is 24.4. The van der Waals surface area contributed by atoms with E-state index in [-0.39, 0.29) is 29.8 Å². The van der Waals surface area contributed by atoms with Crippen LogP contribution in [-0.2, 0) is 25.7 Å². The number of methoxy groups -OCH3 is 1. The van der Waals surface area contributed by atoms with E-state index >= 15 is 0 Å². The highest BCUT2D eigenvalue weighted by Crippen LogP contribution is 2.07. The molecular formula is C19H28N6O5. The molecule has 0 aliphatic carbocycles. The first-order chi connectivity index (χ1) is 14.2. The van der Waals surface area contributed by atoms with Crippen LogP contribution in [0.5, 0.6) is 0 Å². The maximum atomic E-state index is 12.8. The summed E-state index contributed by atoms with van der Waals surface area (Å²) >= 11 is 0. The molecule has 0 aliphatic rings. The predicted molar refractivity (Wildman–Crippen MR) is 112 cm³/mol. The Hall–Kier alpha value is -3.60. The van der Waals surface area contributed by atoms with Gasteiger partial charge in [0.1, 0.15) is 17.4 Å². The van der Waals surface area contributed by atoms with E-state index in [1.165, 1.54) is 36.9 Å². The van der Waals surface area contributed by atoms with Crippen molar-refractivity contribution in [1.29, 1.82) is 0 Å². The zero-order valence-electron chi connectivity index (χ0n) is 17.3. The lowest BCUT2D eigenvalue weighted by molar-refractivity contribution is -0.134. The number of hydrazine groups is 1. The van der Waals surface area contributed by atoms with Crippen molar-refractivity contribution in [1.82, 2.24) is 14.9 Å². The number of likely N-dealkylation sites (N-methyl/N-ethyl adjacent to an activating group) is 1. The van der Waals surface area contributed by atoms with Crippen LogP contribution in [0.2, 0.25) is 0 Å². The summed E-state index contributed by atoms with van der Waals surface area (Å²) < 4.78 is 5.93. The second kappa shape index (κ2) is 12.1. The fourth-order valence-corrected chi connectivity index (χ4v) is 2.47. The molecule has 11 heteroatoms. The number of anilines is 1. The molecule has 164 valence electrons. The highest BCUT2D eigenvalue weighted by atomic mass is 16.5. The summed E-state index contributed by atoms with van der Waals surface area (Å²) in [6.45, 7) is 2.24. The third-order valence-electron chi connectivity index (χ3n) is 4.09. The molecule has 11 nitrogen and oxygen atoms in total. The number of nitrogens with two attached hydrogens (primary N) is 2. The van der Waals surface area contributed by atoms with Crippen LogP contribution in [0.1, 0.15) is 19.8 Å². The minimum Gasteiger partial charge on any atom is -0.466 e. The number of pyridine rings is 1. The zero-order chi connectivity index (χ0) is 22.7. The van der Waals surface area contributed by atoms with Gasteiger partial charge in [0.15, 0.2) is 0 Å². The van der Waals surface area contributed by atoms with Gasteiger partial charge in [-0.05, 0) is 31.9 Å². The van der Waals surface area contributed by atoms with Crippen molar-refractivity contribution in [2.45, 2.75) is 32.4 Å². The van der Waals surface area contributed by atoms with Crippen molar-refractivity contribution in [3.05, 3.63) is 52.7 Å². The number of nitrogens with zero attached hydrogens (tertiary/aromatic N) is 2. The first-order valence-corrected chi connectivity index (χ1v) is 9.21. The van der Waals surface area contributed by atoms with E-state index in [9.17, 15) is 19.2 Å². The molecule has 1 aromatic heterocycles. The predicted octanol–water partition coefficient (Wildman–Crippen LogP) is -0.593. The second-order valence-electron chi connectivity index (χ2n) is 6.19. The molecule has 1 aromatic rings. The van der Waals surface area contributed by atoms with Crippen molar-refractivity contribution < 1.29 is 19.1 Å². The number of rotatable bonds is 10. The highest BCUT2D eigenvalue weighted by molar-refractivity contribution is 6.00. The molecular weight excluding hydrogens is 392 g/mol. The Balaban J connectivity index is 3.02. The fourth-order valence-electron chi connectivity index (χ4n) is 2.47. The number of allylic oxidation sites excluding steroid dienone is 1. The third kappa shape index (κ3) is 7.09. The number of hydrogen-bond acceptors (Lipinski definition) is 8. The van der Waals surface area contributed by atoms with Gasteiger partial charge in [0.25, 0.3) is 11.5 Å². The van der Waals surface area contributed by atoms with Gasteiger partial charge < -0.3 is 30.7 Å². The van der Waals surface area contributed by atoms with Crippen LogP contribution in [0.25, 0.3) is 0 Å². The second-order valence-corrected chi connectivity index (χ2v) is 6.19. The van der Waals surface area contributed by atoms with E-state index in [1.807, 2.05) is 0 Å². The van der Waals surface area contributed by atoms with Gasteiger partial charge >= 0.3 is 5.97 Å². The van der Waals surface area contributed by atoms with Crippen LogP contribution >= 0.6 is 0 Å². The molecule has 0 bridgehead atoms. The van der Waals surface area contributed by atoms with Crippen LogP contribution in [-0.4, -0.2) is 47.6 Å². The molecule has 0 aliphatic heterocycles. The Morgan fingerprint density at radius 2 is 2.07 bits per heavy atom. The summed E-state index contributed by atoms with van der Waals surface area (Å²) in [5, 5.41) is 6.09. The Kier molecular flexibility index (Phi) is 9.83. The van der Waals surface area contributed by atoms with Crippen molar-refractivity contribution in [3.8, 4) is 0 Å². The van der Waals surface area contributed by atoms with Crippen LogP contribution in [0.15, 0.2) is 47.2 Å². The molecule has 30 heavy (non-hydrogen) atoms. The molecule has 0 saturated carbocycles. The number of nitrogens with one attached hydrogen (secondary N) is 2. The van der Waals surface area contributed by atoms with E-state index in [1.54, 1.807) is 19.2 Å². The third-order valence-corrected chi connectivity index (χ3v) is 4.09. The summed E-state index contributed by atoms with van der Waals surface area (Å²) in [7, 11) is 2.67. The van der Waals surface area contributed by atoms with Gasteiger partial charge in [0.05, 0.1) is 7.11 Å². The Bertz CT molecular complexity index is 874. The van der Waals surface area contributed by atoms with Crippen molar-refractivity contribution >= 4 is 23.5 Å². The van der Waals surface area contributed by atoms with Crippen molar-refractivity contribution in [2.75, 3.05) is 19.5 Å². The topological polar surface area (TPSA) is 162 Å². The molecule has 0 spiro atoms. The first-order valence-electron chi connectivity index (χ1n) is 9.21. The lowest BCUT2D eigenvalue weighted by Gasteiger charge is -2.21. The van der Waals surface area contributed by atoms with Crippen LogP contribution < -0.4 is 27.8 Å². The number of amides is 2. The number of aromatic nitrogens is 1. The SMILES string of the molecule is CCn1cccc(NC(=O)C(CC/C=C/C(=O)OC)NC(=O)/C(=C/N)N(C)N)c1=O. The lowest BCUT2D eigenvalue weighted by atomic mass is 10.1. The number of hydrogen-bond donors (Lipinski definition) is 4. The Morgan fingerprint density at radius 3 is 2.63 bits per heavy atom. The van der Waals surface area contributed by atoms with E-state index in [2.05, 4.69) is 15.4 Å². The minimum atomic E-state index is -1.02. The zero-order valence-corrected chi connectivity index (χ0v) is 17.3. The molecule has 1 heterocycles. The Labute approximate surface area is 174 Å². The van der Waals surface area contributed by atoms with Gasteiger partial charge in [-0.25, -0.2) is 10.6 Å². The standard InChI is InChI=1S/C19H28N6O5/c1-4-25-11-7-9-14(19(25)29)23-17(27)13(8-5-6-10-16(26)30-3)22-18(28)15(12-20)24(2)21/h6-7,9-13H,4-5,8,20-21H2,1-3H3,(H,22,28)(H,23,27)/b10-6+,15-12-. The summed E-state index contributed by atoms with van der Waals surface area (Å²) in [5.74, 6) is 3.76. The highest BCUT2D eigenvalue weighted by Gasteiger charge is 2.23. The van der Waals surface area contributed by atoms with Gasteiger partial charge in [-0.2, -0.15) is 0 Å². The largest absolute Gasteiger partial charge is 0.466 e. The average molecular weight is 420 g/mol. The number of aryl methyl sites for hydroxylation is 1. The minimum absolute atomic E-state index is 0.0500. The maximum Gasteiger partial charge on any atom is 0.330 e. The van der Waals surface area contributed by atoms with Gasteiger partial charge in [0, 0.05) is 32.1 Å². The smallest absolute Gasteiger partial charge is 0.330 e. The molecule has 0 aromatic carbocycles. The molecule has 1 unspecified atom stereocenters. The van der Waals surface area contributed by atoms with Crippen molar-refractivity contribution in [2.24, 2.45) is 11.6 Å². The lowest BCUT2D eigenvalue weighted by Crippen LogP contribution is -2.47. The van der Waals surface area contributed by atoms with Gasteiger partial charge in [-0.1, -0.05) is 6.08 Å². The molecule has 0 fully saturated rings. The molecule has 0 radical (unpaired) electrons. The summed E-state index contributed by atoms with van der Waals surface area (Å²) in [6, 6.07) is 2.08. The average Bonchev–Trinajstić information content (AvgIpc) is 2.71. The molecule has 1 rings (SSSR count). The monoisotopic (exact) mass is 420 g/mol. The van der Waals surface area contributed by atoms with Gasteiger partial charge in [-0.15, -0.1) is 0 Å². The maximum absolute atomic E-state index is 12.8. The number of carbonyl (C=O) groups is 3. The van der Waals surface area contributed by atoms with E-state index in [4.69, 9.17) is 11.6 Å². The van der Waals surface area contributed by atoms with Crippen molar-refractivity contribution in [3.63, 3.8) is 0 Å². The fraction of sp³-hybridized carbons (Fsp3) is 0.368.